The molecule has 100 valence electrons. The molecular weight excluding hydrogens is 226 g/mol. The van der Waals surface area contributed by atoms with E-state index in [1.807, 2.05) is 13.8 Å². The second-order valence-corrected chi connectivity index (χ2v) is 4.54. The largest absolute Gasteiger partial charge is 0.352 e. The summed E-state index contributed by atoms with van der Waals surface area (Å²) in [5.74, 6) is 0. The molecule has 1 aliphatic rings. The number of ether oxygens (including phenoxy) is 2. The van der Waals surface area contributed by atoms with E-state index in [-0.39, 0.29) is 6.29 Å². The third-order valence-electron chi connectivity index (χ3n) is 3.37. The van der Waals surface area contributed by atoms with Crippen LogP contribution in [0.4, 0.5) is 0 Å². The summed E-state index contributed by atoms with van der Waals surface area (Å²) >= 11 is 0. The molecule has 1 aliphatic carbocycles. The van der Waals surface area contributed by atoms with Crippen molar-refractivity contribution in [1.29, 1.82) is 0 Å². The summed E-state index contributed by atoms with van der Waals surface area (Å²) in [6.45, 7) is 6.12. The second kappa shape index (κ2) is 6.88. The summed E-state index contributed by atoms with van der Waals surface area (Å²) in [6, 6.07) is 9.12. The highest BCUT2D eigenvalue weighted by molar-refractivity contribution is 5.34. The normalized spacial score (nSPS) is 18.3. The van der Waals surface area contributed by atoms with Gasteiger partial charge in [0, 0.05) is 25.8 Å². The molecule has 1 aromatic carbocycles. The average molecular weight is 249 g/mol. The fourth-order valence-corrected chi connectivity index (χ4v) is 2.55. The Kier molecular flexibility index (Phi) is 5.17. The first-order valence-electron chi connectivity index (χ1n) is 6.89. The summed E-state index contributed by atoms with van der Waals surface area (Å²) < 4.78 is 11.1. The number of hydrogen-bond donors (Lipinski definition) is 1. The molecule has 3 heteroatoms. The van der Waals surface area contributed by atoms with Crippen LogP contribution < -0.4 is 5.32 Å². The minimum atomic E-state index is -0.132. The summed E-state index contributed by atoms with van der Waals surface area (Å²) in [6.07, 6.45) is 2.21. The van der Waals surface area contributed by atoms with Crippen molar-refractivity contribution in [3.63, 3.8) is 0 Å². The molecule has 0 saturated heterocycles. The topological polar surface area (TPSA) is 30.5 Å². The number of fused-ring (bicyclic) bond motifs is 1. The van der Waals surface area contributed by atoms with Crippen LogP contribution in [0.25, 0.3) is 0 Å². The van der Waals surface area contributed by atoms with Crippen molar-refractivity contribution in [1.82, 2.24) is 5.32 Å². The first kappa shape index (κ1) is 13.5. The third-order valence-corrected chi connectivity index (χ3v) is 3.37. The molecule has 1 unspecified atom stereocenters. The lowest BCUT2D eigenvalue weighted by Gasteiger charge is -2.20. The van der Waals surface area contributed by atoms with Gasteiger partial charge in [-0.3, -0.25) is 0 Å². The van der Waals surface area contributed by atoms with Crippen LogP contribution in [0.2, 0.25) is 0 Å². The SMILES string of the molecule is CCOC(CNC1CCc2ccccc21)OCC. The number of hydrogen-bond acceptors (Lipinski definition) is 3. The number of benzene rings is 1. The van der Waals surface area contributed by atoms with Gasteiger partial charge in [0.1, 0.15) is 0 Å². The van der Waals surface area contributed by atoms with Crippen molar-refractivity contribution in [2.45, 2.75) is 39.0 Å². The Labute approximate surface area is 109 Å². The van der Waals surface area contributed by atoms with Crippen molar-refractivity contribution >= 4 is 0 Å². The fraction of sp³-hybridized carbons (Fsp3) is 0.600. The van der Waals surface area contributed by atoms with Gasteiger partial charge in [0.05, 0.1) is 0 Å². The molecular formula is C15H23NO2. The van der Waals surface area contributed by atoms with Crippen molar-refractivity contribution in [3.05, 3.63) is 35.4 Å². The lowest BCUT2D eigenvalue weighted by Crippen LogP contribution is -2.33. The minimum Gasteiger partial charge on any atom is -0.352 e. The Morgan fingerprint density at radius 2 is 1.94 bits per heavy atom. The van der Waals surface area contributed by atoms with E-state index in [0.717, 1.165) is 6.54 Å². The van der Waals surface area contributed by atoms with Crippen molar-refractivity contribution < 1.29 is 9.47 Å². The van der Waals surface area contributed by atoms with E-state index in [0.29, 0.717) is 19.3 Å². The molecule has 1 aromatic rings. The molecule has 0 bridgehead atoms. The quantitative estimate of drug-likeness (QED) is 0.754. The predicted octanol–water partition coefficient (Wildman–Crippen LogP) is 2.66. The van der Waals surface area contributed by atoms with Gasteiger partial charge in [-0.25, -0.2) is 0 Å². The standard InChI is InChI=1S/C15H23NO2/c1-3-17-15(18-4-2)11-16-14-10-9-12-7-5-6-8-13(12)14/h5-8,14-16H,3-4,9-11H2,1-2H3. The van der Waals surface area contributed by atoms with Gasteiger partial charge in [0.2, 0.25) is 0 Å². The van der Waals surface area contributed by atoms with Gasteiger partial charge in [0.15, 0.2) is 6.29 Å². The Balaban J connectivity index is 1.87. The zero-order valence-electron chi connectivity index (χ0n) is 11.3. The highest BCUT2D eigenvalue weighted by atomic mass is 16.7. The zero-order valence-corrected chi connectivity index (χ0v) is 11.3. The van der Waals surface area contributed by atoms with Crippen LogP contribution in [0.1, 0.15) is 37.4 Å². The Hall–Kier alpha value is -0.900. The van der Waals surface area contributed by atoms with E-state index in [2.05, 4.69) is 29.6 Å². The van der Waals surface area contributed by atoms with E-state index in [4.69, 9.17) is 9.47 Å². The summed E-state index contributed by atoms with van der Waals surface area (Å²) in [5, 5.41) is 3.56. The smallest absolute Gasteiger partial charge is 0.169 e. The maximum absolute atomic E-state index is 5.55. The van der Waals surface area contributed by atoms with Crippen molar-refractivity contribution in [2.75, 3.05) is 19.8 Å². The molecule has 0 aromatic heterocycles. The fourth-order valence-electron chi connectivity index (χ4n) is 2.55. The van der Waals surface area contributed by atoms with Gasteiger partial charge < -0.3 is 14.8 Å². The van der Waals surface area contributed by atoms with Gasteiger partial charge in [-0.05, 0) is 37.8 Å². The molecule has 0 spiro atoms. The summed E-state index contributed by atoms with van der Waals surface area (Å²) in [5.41, 5.74) is 2.91. The molecule has 0 amide bonds. The molecule has 1 N–H and O–H groups in total. The Bertz CT molecular complexity index is 361. The summed E-state index contributed by atoms with van der Waals surface area (Å²) in [7, 11) is 0. The molecule has 0 radical (unpaired) electrons. The van der Waals surface area contributed by atoms with Crippen molar-refractivity contribution in [3.8, 4) is 0 Å². The van der Waals surface area contributed by atoms with E-state index < -0.39 is 0 Å². The lowest BCUT2D eigenvalue weighted by molar-refractivity contribution is -0.133. The van der Waals surface area contributed by atoms with E-state index >= 15 is 0 Å². The molecule has 0 fully saturated rings. The maximum atomic E-state index is 5.55. The maximum Gasteiger partial charge on any atom is 0.169 e. The molecule has 2 rings (SSSR count). The second-order valence-electron chi connectivity index (χ2n) is 4.54. The molecule has 0 aliphatic heterocycles. The van der Waals surface area contributed by atoms with Gasteiger partial charge in [-0.15, -0.1) is 0 Å². The lowest BCUT2D eigenvalue weighted by atomic mass is 10.1. The highest BCUT2D eigenvalue weighted by Crippen LogP contribution is 2.30. The molecule has 1 atom stereocenters. The zero-order chi connectivity index (χ0) is 12.8. The third kappa shape index (κ3) is 3.31. The highest BCUT2D eigenvalue weighted by Gasteiger charge is 2.22. The van der Waals surface area contributed by atoms with Gasteiger partial charge in [-0.1, -0.05) is 24.3 Å². The first-order chi connectivity index (χ1) is 8.85. The molecule has 0 heterocycles. The van der Waals surface area contributed by atoms with Crippen LogP contribution in [0.5, 0.6) is 0 Å². The minimum absolute atomic E-state index is 0.132. The Morgan fingerprint density at radius 3 is 2.67 bits per heavy atom. The van der Waals surface area contributed by atoms with Gasteiger partial charge >= 0.3 is 0 Å². The van der Waals surface area contributed by atoms with E-state index in [1.165, 1.54) is 24.0 Å². The molecule has 18 heavy (non-hydrogen) atoms. The van der Waals surface area contributed by atoms with Crippen LogP contribution in [-0.2, 0) is 15.9 Å². The van der Waals surface area contributed by atoms with Crippen LogP contribution in [0, 0.1) is 0 Å². The molecule has 3 nitrogen and oxygen atoms in total. The summed E-state index contributed by atoms with van der Waals surface area (Å²) in [4.78, 5) is 0. The van der Waals surface area contributed by atoms with Crippen LogP contribution in [-0.4, -0.2) is 26.0 Å². The van der Waals surface area contributed by atoms with Crippen LogP contribution in [0.15, 0.2) is 24.3 Å². The molecule has 0 saturated carbocycles. The van der Waals surface area contributed by atoms with Gasteiger partial charge in [-0.2, -0.15) is 0 Å². The van der Waals surface area contributed by atoms with E-state index in [1.54, 1.807) is 0 Å². The number of aryl methyl sites for hydroxylation is 1. The van der Waals surface area contributed by atoms with Crippen LogP contribution in [0.3, 0.4) is 0 Å². The number of rotatable bonds is 7. The van der Waals surface area contributed by atoms with E-state index in [9.17, 15) is 0 Å². The monoisotopic (exact) mass is 249 g/mol. The Morgan fingerprint density at radius 1 is 1.22 bits per heavy atom. The predicted molar refractivity (Wildman–Crippen MR) is 72.5 cm³/mol. The van der Waals surface area contributed by atoms with Crippen molar-refractivity contribution in [2.24, 2.45) is 0 Å². The van der Waals surface area contributed by atoms with Gasteiger partial charge in [0.25, 0.3) is 0 Å². The number of nitrogens with one attached hydrogen (secondary N) is 1. The van der Waals surface area contributed by atoms with Crippen LogP contribution >= 0.6 is 0 Å². The first-order valence-corrected chi connectivity index (χ1v) is 6.89. The average Bonchev–Trinajstić information content (AvgIpc) is 2.80.